The lowest BCUT2D eigenvalue weighted by molar-refractivity contribution is -0.121. The third-order valence-corrected chi connectivity index (χ3v) is 4.45. The van der Waals surface area contributed by atoms with Gasteiger partial charge in [-0.2, -0.15) is 4.98 Å². The van der Waals surface area contributed by atoms with Crippen LogP contribution in [0.3, 0.4) is 0 Å². The summed E-state index contributed by atoms with van der Waals surface area (Å²) in [4.78, 5) is 30.3. The van der Waals surface area contributed by atoms with Crippen LogP contribution in [-0.4, -0.2) is 28.5 Å². The Bertz CT molecular complexity index is 1000. The van der Waals surface area contributed by atoms with Crippen molar-refractivity contribution in [2.24, 2.45) is 0 Å². The van der Waals surface area contributed by atoms with E-state index in [1.165, 1.54) is 4.90 Å². The van der Waals surface area contributed by atoms with Crippen molar-refractivity contribution >= 4 is 34.8 Å². The number of nitrogens with zero attached hydrogens (tertiary/aromatic N) is 3. The van der Waals surface area contributed by atoms with E-state index in [1.807, 2.05) is 12.1 Å². The molecular formula is C19H15ClN4O3. The van der Waals surface area contributed by atoms with Crippen molar-refractivity contribution in [3.05, 3.63) is 59.4 Å². The van der Waals surface area contributed by atoms with E-state index >= 15 is 0 Å². The van der Waals surface area contributed by atoms with Crippen molar-refractivity contribution < 1.29 is 14.1 Å². The molecule has 0 saturated carbocycles. The van der Waals surface area contributed by atoms with Crippen molar-refractivity contribution in [2.45, 2.75) is 12.8 Å². The number of aryl methyl sites for hydroxylation is 1. The number of carbonyl (C=O) groups is 2. The molecule has 27 heavy (non-hydrogen) atoms. The number of anilines is 2. The number of halogens is 1. The van der Waals surface area contributed by atoms with E-state index in [4.69, 9.17) is 16.1 Å². The lowest BCUT2D eigenvalue weighted by Crippen LogP contribution is -2.42. The molecule has 136 valence electrons. The normalized spacial score (nSPS) is 13.2. The Labute approximate surface area is 159 Å². The topological polar surface area (TPSA) is 88.3 Å². The van der Waals surface area contributed by atoms with Crippen LogP contribution in [0.2, 0.25) is 5.02 Å². The van der Waals surface area contributed by atoms with Gasteiger partial charge in [-0.1, -0.05) is 28.9 Å². The molecule has 4 rings (SSSR count). The zero-order valence-corrected chi connectivity index (χ0v) is 14.9. The third kappa shape index (κ3) is 3.68. The fraction of sp³-hybridized carbons (Fsp3) is 0.158. The Morgan fingerprint density at radius 3 is 2.78 bits per heavy atom. The molecule has 0 unspecified atom stereocenters. The summed E-state index contributed by atoms with van der Waals surface area (Å²) in [5.74, 6) is 0.410. The van der Waals surface area contributed by atoms with Gasteiger partial charge in [0, 0.05) is 23.4 Å². The second-order valence-electron chi connectivity index (χ2n) is 6.06. The van der Waals surface area contributed by atoms with Gasteiger partial charge in [-0.3, -0.25) is 9.59 Å². The second-order valence-corrected chi connectivity index (χ2v) is 6.50. The molecule has 1 aliphatic rings. The van der Waals surface area contributed by atoms with E-state index in [9.17, 15) is 9.59 Å². The minimum atomic E-state index is -0.218. The average Bonchev–Trinajstić information content (AvgIpc) is 3.15. The highest BCUT2D eigenvalue weighted by atomic mass is 35.5. The molecule has 0 aliphatic carbocycles. The molecule has 2 amide bonds. The van der Waals surface area contributed by atoms with Crippen molar-refractivity contribution in [3.8, 4) is 11.4 Å². The molecule has 0 saturated heterocycles. The molecule has 0 bridgehead atoms. The summed E-state index contributed by atoms with van der Waals surface area (Å²) in [6, 6.07) is 14.3. The number of hydrogen-bond acceptors (Lipinski definition) is 5. The SMILES string of the molecule is O=C1CN(C(=O)CCc2nc(-c3ccc(Cl)cc3)no2)c2ccccc2N1. The summed E-state index contributed by atoms with van der Waals surface area (Å²) in [5, 5.41) is 7.32. The molecule has 8 heteroatoms. The van der Waals surface area contributed by atoms with Gasteiger partial charge in [-0.25, -0.2) is 0 Å². The fourth-order valence-electron chi connectivity index (χ4n) is 2.88. The number of nitrogens with one attached hydrogen (secondary N) is 1. The molecule has 0 fully saturated rings. The summed E-state index contributed by atoms with van der Waals surface area (Å²) in [6.07, 6.45) is 0.448. The molecule has 7 nitrogen and oxygen atoms in total. The summed E-state index contributed by atoms with van der Waals surface area (Å²) in [5.41, 5.74) is 2.10. The summed E-state index contributed by atoms with van der Waals surface area (Å²) in [7, 11) is 0. The minimum absolute atomic E-state index is 0.00426. The summed E-state index contributed by atoms with van der Waals surface area (Å²) < 4.78 is 5.23. The monoisotopic (exact) mass is 382 g/mol. The number of hydrogen-bond donors (Lipinski definition) is 1. The number of para-hydroxylation sites is 2. The summed E-state index contributed by atoms with van der Waals surface area (Å²) >= 11 is 5.87. The first-order valence-electron chi connectivity index (χ1n) is 8.38. The fourth-order valence-corrected chi connectivity index (χ4v) is 3.00. The zero-order chi connectivity index (χ0) is 18.8. The standard InChI is InChI=1S/C19H15ClN4O3/c20-13-7-5-12(6-8-13)19-22-17(27-23-19)9-10-18(26)24-11-16(25)21-14-3-1-2-4-15(14)24/h1-8H,9-11H2,(H,21,25). The van der Waals surface area contributed by atoms with Crippen LogP contribution in [0.15, 0.2) is 53.1 Å². The van der Waals surface area contributed by atoms with Gasteiger partial charge < -0.3 is 14.7 Å². The van der Waals surface area contributed by atoms with Crippen LogP contribution in [-0.2, 0) is 16.0 Å². The molecule has 0 radical (unpaired) electrons. The van der Waals surface area contributed by atoms with Crippen LogP contribution in [0.4, 0.5) is 11.4 Å². The lowest BCUT2D eigenvalue weighted by Gasteiger charge is -2.29. The number of fused-ring (bicyclic) bond motifs is 1. The van der Waals surface area contributed by atoms with E-state index in [0.29, 0.717) is 34.5 Å². The van der Waals surface area contributed by atoms with Gasteiger partial charge in [0.15, 0.2) is 0 Å². The largest absolute Gasteiger partial charge is 0.339 e. The molecule has 0 spiro atoms. The maximum absolute atomic E-state index is 12.6. The first-order valence-corrected chi connectivity index (χ1v) is 8.76. The Kier molecular flexibility index (Phi) is 4.60. The number of rotatable bonds is 4. The van der Waals surface area contributed by atoms with Gasteiger partial charge in [0.25, 0.3) is 0 Å². The van der Waals surface area contributed by atoms with Crippen LogP contribution in [0, 0.1) is 0 Å². The number of benzene rings is 2. The van der Waals surface area contributed by atoms with Gasteiger partial charge in [0.2, 0.25) is 23.5 Å². The van der Waals surface area contributed by atoms with Crippen LogP contribution in [0.5, 0.6) is 0 Å². The molecule has 1 aromatic heterocycles. The summed E-state index contributed by atoms with van der Waals surface area (Å²) in [6.45, 7) is -0.00426. The Hall–Kier alpha value is -3.19. The lowest BCUT2D eigenvalue weighted by atomic mass is 10.1. The highest BCUT2D eigenvalue weighted by Gasteiger charge is 2.26. The first kappa shape index (κ1) is 17.2. The zero-order valence-electron chi connectivity index (χ0n) is 14.2. The van der Waals surface area contributed by atoms with Gasteiger partial charge in [-0.15, -0.1) is 0 Å². The minimum Gasteiger partial charge on any atom is -0.339 e. The van der Waals surface area contributed by atoms with Crippen LogP contribution >= 0.6 is 11.6 Å². The van der Waals surface area contributed by atoms with Crippen LogP contribution < -0.4 is 10.2 Å². The molecule has 1 aliphatic heterocycles. The van der Waals surface area contributed by atoms with Crippen molar-refractivity contribution in [1.82, 2.24) is 10.1 Å². The highest BCUT2D eigenvalue weighted by Crippen LogP contribution is 2.29. The quantitative estimate of drug-likeness (QED) is 0.747. The second kappa shape index (κ2) is 7.20. The van der Waals surface area contributed by atoms with Gasteiger partial charge in [0.05, 0.1) is 11.4 Å². The van der Waals surface area contributed by atoms with Crippen LogP contribution in [0.1, 0.15) is 12.3 Å². The predicted molar refractivity (Wildman–Crippen MR) is 100 cm³/mol. The van der Waals surface area contributed by atoms with E-state index in [2.05, 4.69) is 15.5 Å². The molecule has 2 heterocycles. The Morgan fingerprint density at radius 1 is 1.19 bits per heavy atom. The Morgan fingerprint density at radius 2 is 1.96 bits per heavy atom. The van der Waals surface area contributed by atoms with Crippen molar-refractivity contribution in [2.75, 3.05) is 16.8 Å². The molecule has 3 aromatic rings. The van der Waals surface area contributed by atoms with Gasteiger partial charge >= 0.3 is 0 Å². The number of aromatic nitrogens is 2. The average molecular weight is 383 g/mol. The maximum Gasteiger partial charge on any atom is 0.244 e. The molecular weight excluding hydrogens is 368 g/mol. The van der Waals surface area contributed by atoms with E-state index in [-0.39, 0.29) is 24.8 Å². The highest BCUT2D eigenvalue weighted by molar-refractivity contribution is 6.30. The smallest absolute Gasteiger partial charge is 0.244 e. The van der Waals surface area contributed by atoms with E-state index in [1.54, 1.807) is 36.4 Å². The number of carbonyl (C=O) groups excluding carboxylic acids is 2. The molecule has 0 atom stereocenters. The number of amides is 2. The molecule has 1 N–H and O–H groups in total. The molecule has 2 aromatic carbocycles. The van der Waals surface area contributed by atoms with E-state index < -0.39 is 0 Å². The first-order chi connectivity index (χ1) is 13.1. The maximum atomic E-state index is 12.6. The predicted octanol–water partition coefficient (Wildman–Crippen LogP) is 3.31. The van der Waals surface area contributed by atoms with Gasteiger partial charge in [-0.05, 0) is 36.4 Å². The van der Waals surface area contributed by atoms with E-state index in [0.717, 1.165) is 5.56 Å². The Balaban J connectivity index is 1.44. The third-order valence-electron chi connectivity index (χ3n) is 4.19. The van der Waals surface area contributed by atoms with Crippen molar-refractivity contribution in [3.63, 3.8) is 0 Å². The van der Waals surface area contributed by atoms with Crippen molar-refractivity contribution in [1.29, 1.82) is 0 Å². The van der Waals surface area contributed by atoms with Crippen LogP contribution in [0.25, 0.3) is 11.4 Å². The van der Waals surface area contributed by atoms with Gasteiger partial charge in [0.1, 0.15) is 6.54 Å².